The molecule has 3 heterocycles. The highest BCUT2D eigenvalue weighted by Gasteiger charge is 2.27. The minimum Gasteiger partial charge on any atom is -0.352 e. The highest BCUT2D eigenvalue weighted by atomic mass is 35.5. The first-order chi connectivity index (χ1) is 16.6. The number of fused-ring (bicyclic) bond motifs is 1. The number of amides is 1. The summed E-state index contributed by atoms with van der Waals surface area (Å²) in [7, 11) is 0. The van der Waals surface area contributed by atoms with Crippen LogP contribution in [-0.2, 0) is 17.9 Å². The van der Waals surface area contributed by atoms with Crippen LogP contribution in [0.3, 0.4) is 0 Å². The summed E-state index contributed by atoms with van der Waals surface area (Å²) in [6.45, 7) is 2.31. The van der Waals surface area contributed by atoms with E-state index in [0.717, 1.165) is 29.5 Å². The maximum absolute atomic E-state index is 13.3. The number of nitrogens with zero attached hydrogens (tertiary/aromatic N) is 3. The number of rotatable bonds is 6. The van der Waals surface area contributed by atoms with Crippen LogP contribution in [0.1, 0.15) is 24.0 Å². The zero-order chi connectivity index (χ0) is 23.5. The van der Waals surface area contributed by atoms with Crippen LogP contribution in [-0.4, -0.2) is 28.5 Å². The molecular formula is C26H25ClN4O2S. The molecule has 1 N–H and O–H groups in total. The molecule has 2 aromatic heterocycles. The van der Waals surface area contributed by atoms with Crippen LogP contribution in [0.5, 0.6) is 0 Å². The van der Waals surface area contributed by atoms with Crippen molar-refractivity contribution in [3.63, 3.8) is 0 Å². The van der Waals surface area contributed by atoms with E-state index in [1.54, 1.807) is 4.57 Å². The van der Waals surface area contributed by atoms with Gasteiger partial charge in [-0.2, -0.15) is 0 Å². The van der Waals surface area contributed by atoms with Gasteiger partial charge in [-0.25, -0.2) is 4.98 Å². The Morgan fingerprint density at radius 2 is 1.76 bits per heavy atom. The van der Waals surface area contributed by atoms with E-state index >= 15 is 0 Å². The van der Waals surface area contributed by atoms with E-state index in [2.05, 4.69) is 10.2 Å². The molecule has 0 radical (unpaired) electrons. The molecule has 0 saturated carbocycles. The van der Waals surface area contributed by atoms with Crippen molar-refractivity contribution in [2.45, 2.75) is 25.9 Å². The van der Waals surface area contributed by atoms with Crippen LogP contribution in [0, 0.1) is 5.92 Å². The lowest BCUT2D eigenvalue weighted by Gasteiger charge is -2.33. The maximum Gasteiger partial charge on any atom is 0.273 e. The largest absolute Gasteiger partial charge is 0.352 e. The van der Waals surface area contributed by atoms with Crippen molar-refractivity contribution < 1.29 is 4.79 Å². The standard InChI is InChI=1S/C26H25ClN4O2S/c27-21-8-6-18(7-9-21)16-28-24(32)20-10-13-30(14-11-20)26-29-22-12-15-34-23(22)25(33)31(26)17-19-4-2-1-3-5-19/h1-9,12,15,20H,10-11,13-14,16-17H2,(H,28,32). The number of benzene rings is 2. The van der Waals surface area contributed by atoms with Gasteiger partial charge in [-0.15, -0.1) is 11.3 Å². The molecule has 1 aliphatic heterocycles. The number of hydrogen-bond acceptors (Lipinski definition) is 5. The average Bonchev–Trinajstić information content (AvgIpc) is 3.35. The Morgan fingerprint density at radius 1 is 1.03 bits per heavy atom. The molecule has 1 amide bonds. The van der Waals surface area contributed by atoms with E-state index in [0.29, 0.717) is 41.8 Å². The molecule has 0 spiro atoms. The molecule has 5 rings (SSSR count). The first-order valence-corrected chi connectivity index (χ1v) is 12.6. The average molecular weight is 493 g/mol. The van der Waals surface area contributed by atoms with Crippen molar-refractivity contribution in [2.24, 2.45) is 5.92 Å². The van der Waals surface area contributed by atoms with Crippen molar-refractivity contribution in [3.05, 3.63) is 92.5 Å². The fourth-order valence-electron chi connectivity index (χ4n) is 4.36. The van der Waals surface area contributed by atoms with Gasteiger partial charge in [0.05, 0.1) is 12.1 Å². The molecular weight excluding hydrogens is 468 g/mol. The molecule has 0 bridgehead atoms. The number of thiophene rings is 1. The van der Waals surface area contributed by atoms with Crippen LogP contribution in [0.4, 0.5) is 5.95 Å². The number of aromatic nitrogens is 2. The quantitative estimate of drug-likeness (QED) is 0.424. The third kappa shape index (κ3) is 4.86. The highest BCUT2D eigenvalue weighted by molar-refractivity contribution is 7.17. The number of anilines is 1. The van der Waals surface area contributed by atoms with Crippen LogP contribution in [0.15, 0.2) is 70.8 Å². The van der Waals surface area contributed by atoms with Crippen LogP contribution in [0.2, 0.25) is 5.02 Å². The molecule has 4 aromatic rings. The lowest BCUT2D eigenvalue weighted by molar-refractivity contribution is -0.125. The second-order valence-electron chi connectivity index (χ2n) is 8.53. The molecule has 0 aliphatic carbocycles. The molecule has 34 heavy (non-hydrogen) atoms. The van der Waals surface area contributed by atoms with Crippen molar-refractivity contribution in [1.29, 1.82) is 0 Å². The molecule has 6 nitrogen and oxygen atoms in total. The van der Waals surface area contributed by atoms with Crippen molar-refractivity contribution in [3.8, 4) is 0 Å². The molecule has 0 atom stereocenters. The summed E-state index contributed by atoms with van der Waals surface area (Å²) in [6.07, 6.45) is 1.44. The molecule has 2 aromatic carbocycles. The molecule has 1 fully saturated rings. The number of piperidine rings is 1. The predicted octanol–water partition coefficient (Wildman–Crippen LogP) is 4.69. The van der Waals surface area contributed by atoms with Crippen molar-refractivity contribution in [1.82, 2.24) is 14.9 Å². The Kier molecular flexibility index (Phi) is 6.65. The van der Waals surface area contributed by atoms with Crippen LogP contribution < -0.4 is 15.8 Å². The Hall–Kier alpha value is -3.16. The van der Waals surface area contributed by atoms with Crippen molar-refractivity contribution in [2.75, 3.05) is 18.0 Å². The maximum atomic E-state index is 13.3. The second-order valence-corrected chi connectivity index (χ2v) is 9.88. The van der Waals surface area contributed by atoms with E-state index < -0.39 is 0 Å². The highest BCUT2D eigenvalue weighted by Crippen LogP contribution is 2.25. The van der Waals surface area contributed by atoms with E-state index in [-0.39, 0.29) is 17.4 Å². The summed E-state index contributed by atoms with van der Waals surface area (Å²) >= 11 is 7.36. The second kappa shape index (κ2) is 9.99. The van der Waals surface area contributed by atoms with E-state index in [9.17, 15) is 9.59 Å². The van der Waals surface area contributed by atoms with Gasteiger partial charge in [-0.05, 0) is 47.5 Å². The van der Waals surface area contributed by atoms with E-state index in [1.165, 1.54) is 11.3 Å². The summed E-state index contributed by atoms with van der Waals surface area (Å²) in [4.78, 5) is 33.1. The predicted molar refractivity (Wildman–Crippen MR) is 138 cm³/mol. The normalized spacial score (nSPS) is 14.4. The monoisotopic (exact) mass is 492 g/mol. The van der Waals surface area contributed by atoms with Gasteiger partial charge in [-0.3, -0.25) is 14.2 Å². The molecule has 174 valence electrons. The van der Waals surface area contributed by atoms with E-state index in [4.69, 9.17) is 16.6 Å². The van der Waals surface area contributed by atoms with Gasteiger partial charge >= 0.3 is 0 Å². The van der Waals surface area contributed by atoms with E-state index in [1.807, 2.05) is 66.0 Å². The summed E-state index contributed by atoms with van der Waals surface area (Å²) in [6, 6.07) is 19.4. The summed E-state index contributed by atoms with van der Waals surface area (Å²) in [5.74, 6) is 0.694. The van der Waals surface area contributed by atoms with Gasteiger partial charge in [-0.1, -0.05) is 54.1 Å². The number of nitrogens with one attached hydrogen (secondary N) is 1. The van der Waals surface area contributed by atoms with Gasteiger partial charge in [0.15, 0.2) is 0 Å². The van der Waals surface area contributed by atoms with Gasteiger partial charge in [0.2, 0.25) is 11.9 Å². The topological polar surface area (TPSA) is 67.2 Å². The third-order valence-corrected chi connectivity index (χ3v) is 7.40. The fraction of sp³-hybridized carbons (Fsp3) is 0.269. The minimum absolute atomic E-state index is 0.0123. The minimum atomic E-state index is -0.0530. The molecule has 8 heteroatoms. The fourth-order valence-corrected chi connectivity index (χ4v) is 5.26. The first-order valence-electron chi connectivity index (χ1n) is 11.4. The summed E-state index contributed by atoms with van der Waals surface area (Å²) < 4.78 is 2.45. The Bertz CT molecular complexity index is 1340. The molecule has 0 unspecified atom stereocenters. The Balaban J connectivity index is 1.30. The van der Waals surface area contributed by atoms with Crippen LogP contribution in [0.25, 0.3) is 10.2 Å². The smallest absolute Gasteiger partial charge is 0.273 e. The third-order valence-electron chi connectivity index (χ3n) is 6.26. The number of hydrogen-bond donors (Lipinski definition) is 1. The Morgan fingerprint density at radius 3 is 2.50 bits per heavy atom. The van der Waals surface area contributed by atoms with Gasteiger partial charge < -0.3 is 10.2 Å². The lowest BCUT2D eigenvalue weighted by atomic mass is 9.96. The Labute approximate surface area is 206 Å². The number of carbonyl (C=O) groups excluding carboxylic acids is 1. The number of halogens is 1. The first kappa shape index (κ1) is 22.6. The SMILES string of the molecule is O=C(NCc1ccc(Cl)cc1)C1CCN(c2nc3ccsc3c(=O)n2Cc2ccccc2)CC1. The van der Waals surface area contributed by atoms with Crippen molar-refractivity contribution >= 4 is 45.0 Å². The molecule has 1 saturated heterocycles. The van der Waals surface area contributed by atoms with Gasteiger partial charge in [0.1, 0.15) is 4.70 Å². The van der Waals surface area contributed by atoms with Gasteiger partial charge in [0.25, 0.3) is 5.56 Å². The summed E-state index contributed by atoms with van der Waals surface area (Å²) in [5, 5.41) is 5.64. The van der Waals surface area contributed by atoms with Crippen LogP contribution >= 0.6 is 22.9 Å². The summed E-state index contributed by atoms with van der Waals surface area (Å²) in [5.41, 5.74) is 2.80. The lowest BCUT2D eigenvalue weighted by Crippen LogP contribution is -2.42. The van der Waals surface area contributed by atoms with Gasteiger partial charge in [0, 0.05) is 30.6 Å². The number of carbonyl (C=O) groups is 1. The zero-order valence-corrected chi connectivity index (χ0v) is 20.2. The zero-order valence-electron chi connectivity index (χ0n) is 18.6. The molecule has 1 aliphatic rings.